The molecule has 0 aliphatic heterocycles. The molecule has 72 valence electrons. The van der Waals surface area contributed by atoms with Gasteiger partial charge in [0.2, 0.25) is 0 Å². The van der Waals surface area contributed by atoms with Crippen molar-refractivity contribution in [2.45, 2.75) is 45.6 Å². The standard InChI is InChI=1S/C10H19ClO/c1-9(2,3)12-7-6-10(8-11)4-5-10/h4-8H2,1-3H3. The third kappa shape index (κ3) is 3.32. The first-order valence-corrected chi connectivity index (χ1v) is 5.21. The first-order valence-electron chi connectivity index (χ1n) is 4.67. The van der Waals surface area contributed by atoms with E-state index in [0.717, 1.165) is 18.9 Å². The quantitative estimate of drug-likeness (QED) is 0.619. The van der Waals surface area contributed by atoms with Gasteiger partial charge < -0.3 is 4.74 Å². The minimum atomic E-state index is 0.00237. The number of halogens is 1. The molecule has 2 heteroatoms. The molecular formula is C10H19ClO. The minimum Gasteiger partial charge on any atom is -0.376 e. The van der Waals surface area contributed by atoms with Crippen molar-refractivity contribution in [1.82, 2.24) is 0 Å². The number of hydrogen-bond donors (Lipinski definition) is 0. The van der Waals surface area contributed by atoms with Crippen LogP contribution in [0.1, 0.15) is 40.0 Å². The van der Waals surface area contributed by atoms with Crippen LogP contribution >= 0.6 is 11.6 Å². The highest BCUT2D eigenvalue weighted by Gasteiger charge is 2.41. The molecule has 0 unspecified atom stereocenters. The highest BCUT2D eigenvalue weighted by Crippen LogP contribution is 2.49. The van der Waals surface area contributed by atoms with Gasteiger partial charge in [-0.3, -0.25) is 0 Å². The van der Waals surface area contributed by atoms with Crippen LogP contribution in [-0.2, 0) is 4.74 Å². The van der Waals surface area contributed by atoms with Gasteiger partial charge in [0.05, 0.1) is 5.60 Å². The zero-order valence-corrected chi connectivity index (χ0v) is 9.08. The highest BCUT2D eigenvalue weighted by molar-refractivity contribution is 6.18. The Morgan fingerprint density at radius 3 is 2.25 bits per heavy atom. The summed E-state index contributed by atoms with van der Waals surface area (Å²) < 4.78 is 5.65. The van der Waals surface area contributed by atoms with Crippen LogP contribution in [0.25, 0.3) is 0 Å². The first kappa shape index (κ1) is 10.3. The summed E-state index contributed by atoms with van der Waals surface area (Å²) >= 11 is 5.85. The lowest BCUT2D eigenvalue weighted by Crippen LogP contribution is -2.21. The van der Waals surface area contributed by atoms with Gasteiger partial charge in [-0.2, -0.15) is 0 Å². The molecular weight excluding hydrogens is 172 g/mol. The SMILES string of the molecule is CC(C)(C)OCCC1(CCl)CC1. The molecule has 1 rings (SSSR count). The Morgan fingerprint density at radius 2 is 1.92 bits per heavy atom. The third-order valence-electron chi connectivity index (χ3n) is 2.41. The van der Waals surface area contributed by atoms with Gasteiger partial charge >= 0.3 is 0 Å². The van der Waals surface area contributed by atoms with Crippen molar-refractivity contribution < 1.29 is 4.74 Å². The predicted molar refractivity (Wildman–Crippen MR) is 52.7 cm³/mol. The Morgan fingerprint density at radius 1 is 1.33 bits per heavy atom. The second-order valence-electron chi connectivity index (χ2n) is 4.84. The molecule has 0 bridgehead atoms. The van der Waals surface area contributed by atoms with Crippen molar-refractivity contribution in [3.8, 4) is 0 Å². The van der Waals surface area contributed by atoms with Crippen LogP contribution in [0.3, 0.4) is 0 Å². The fraction of sp³-hybridized carbons (Fsp3) is 1.00. The average Bonchev–Trinajstić information content (AvgIpc) is 2.67. The third-order valence-corrected chi connectivity index (χ3v) is 2.97. The maximum absolute atomic E-state index is 5.85. The largest absolute Gasteiger partial charge is 0.376 e. The van der Waals surface area contributed by atoms with Crippen LogP contribution in [0, 0.1) is 5.41 Å². The molecule has 1 aliphatic carbocycles. The lowest BCUT2D eigenvalue weighted by Gasteiger charge is -2.21. The van der Waals surface area contributed by atoms with E-state index < -0.39 is 0 Å². The van der Waals surface area contributed by atoms with E-state index in [1.165, 1.54) is 12.8 Å². The van der Waals surface area contributed by atoms with Gasteiger partial charge in [0, 0.05) is 12.5 Å². The zero-order valence-electron chi connectivity index (χ0n) is 8.32. The maximum atomic E-state index is 5.85. The number of hydrogen-bond acceptors (Lipinski definition) is 1. The van der Waals surface area contributed by atoms with Crippen LogP contribution in [0.2, 0.25) is 0 Å². The van der Waals surface area contributed by atoms with Crippen molar-refractivity contribution in [3.63, 3.8) is 0 Å². The monoisotopic (exact) mass is 190 g/mol. The fourth-order valence-electron chi connectivity index (χ4n) is 1.20. The van der Waals surface area contributed by atoms with Gasteiger partial charge in [-0.1, -0.05) is 0 Å². The van der Waals surface area contributed by atoms with Crippen LogP contribution in [0.15, 0.2) is 0 Å². The van der Waals surface area contributed by atoms with E-state index in [0.29, 0.717) is 5.41 Å². The molecule has 0 spiro atoms. The number of ether oxygens (including phenoxy) is 1. The average molecular weight is 191 g/mol. The predicted octanol–water partition coefficient (Wildman–Crippen LogP) is 3.21. The molecule has 0 radical (unpaired) electrons. The van der Waals surface area contributed by atoms with E-state index in [1.807, 2.05) is 0 Å². The summed E-state index contributed by atoms with van der Waals surface area (Å²) in [4.78, 5) is 0. The Kier molecular flexibility index (Phi) is 3.06. The normalized spacial score (nSPS) is 21.0. The van der Waals surface area contributed by atoms with Crippen molar-refractivity contribution in [2.24, 2.45) is 5.41 Å². The van der Waals surface area contributed by atoms with Crippen LogP contribution in [0.4, 0.5) is 0 Å². The molecule has 1 fully saturated rings. The van der Waals surface area contributed by atoms with E-state index in [-0.39, 0.29) is 5.60 Å². The Bertz CT molecular complexity index is 144. The highest BCUT2D eigenvalue weighted by atomic mass is 35.5. The molecule has 1 aliphatic rings. The molecule has 0 heterocycles. The molecule has 12 heavy (non-hydrogen) atoms. The lowest BCUT2D eigenvalue weighted by molar-refractivity contribution is -0.00968. The second-order valence-corrected chi connectivity index (χ2v) is 5.11. The first-order chi connectivity index (χ1) is 5.47. The van der Waals surface area contributed by atoms with Gasteiger partial charge in [0.1, 0.15) is 0 Å². The summed E-state index contributed by atoms with van der Waals surface area (Å²) in [5, 5.41) is 0. The molecule has 1 nitrogen and oxygen atoms in total. The number of alkyl halides is 1. The van der Waals surface area contributed by atoms with E-state index in [2.05, 4.69) is 20.8 Å². The van der Waals surface area contributed by atoms with Crippen molar-refractivity contribution in [2.75, 3.05) is 12.5 Å². The van der Waals surface area contributed by atoms with Gasteiger partial charge in [0.15, 0.2) is 0 Å². The van der Waals surface area contributed by atoms with Crippen LogP contribution in [0.5, 0.6) is 0 Å². The lowest BCUT2D eigenvalue weighted by atomic mass is 10.1. The molecule has 0 amide bonds. The molecule has 0 aromatic heterocycles. The molecule has 0 saturated heterocycles. The zero-order chi connectivity index (χ0) is 9.24. The Hall–Kier alpha value is 0.250. The van der Waals surface area contributed by atoms with E-state index >= 15 is 0 Å². The van der Waals surface area contributed by atoms with Gasteiger partial charge in [0.25, 0.3) is 0 Å². The molecule has 1 saturated carbocycles. The minimum absolute atomic E-state index is 0.00237. The van der Waals surface area contributed by atoms with Crippen molar-refractivity contribution in [3.05, 3.63) is 0 Å². The van der Waals surface area contributed by atoms with Crippen LogP contribution in [-0.4, -0.2) is 18.1 Å². The fourth-order valence-corrected chi connectivity index (χ4v) is 1.60. The molecule has 0 N–H and O–H groups in total. The Labute approximate surface area is 80.4 Å². The van der Waals surface area contributed by atoms with Crippen molar-refractivity contribution >= 4 is 11.6 Å². The summed E-state index contributed by atoms with van der Waals surface area (Å²) in [6, 6.07) is 0. The van der Waals surface area contributed by atoms with E-state index in [4.69, 9.17) is 16.3 Å². The topological polar surface area (TPSA) is 9.23 Å². The number of rotatable bonds is 4. The summed E-state index contributed by atoms with van der Waals surface area (Å²) in [5.41, 5.74) is 0.454. The van der Waals surface area contributed by atoms with Gasteiger partial charge in [-0.25, -0.2) is 0 Å². The smallest absolute Gasteiger partial charge is 0.0598 e. The van der Waals surface area contributed by atoms with Crippen molar-refractivity contribution in [1.29, 1.82) is 0 Å². The molecule has 0 atom stereocenters. The molecule has 0 aromatic rings. The summed E-state index contributed by atoms with van der Waals surface area (Å²) in [6.07, 6.45) is 3.72. The van der Waals surface area contributed by atoms with Crippen LogP contribution < -0.4 is 0 Å². The van der Waals surface area contributed by atoms with Gasteiger partial charge in [-0.15, -0.1) is 11.6 Å². The maximum Gasteiger partial charge on any atom is 0.0598 e. The van der Waals surface area contributed by atoms with Gasteiger partial charge in [-0.05, 0) is 45.4 Å². The Balaban J connectivity index is 2.10. The van der Waals surface area contributed by atoms with E-state index in [1.54, 1.807) is 0 Å². The van der Waals surface area contributed by atoms with E-state index in [9.17, 15) is 0 Å². The summed E-state index contributed by atoms with van der Waals surface area (Å²) in [7, 11) is 0. The second kappa shape index (κ2) is 3.55. The summed E-state index contributed by atoms with van der Waals surface area (Å²) in [5.74, 6) is 0.806. The summed E-state index contributed by atoms with van der Waals surface area (Å²) in [6.45, 7) is 7.13. The molecule has 0 aromatic carbocycles.